The maximum atomic E-state index is 12.6. The number of carbonyl (C=O) groups is 1. The summed E-state index contributed by atoms with van der Waals surface area (Å²) in [6.45, 7) is 6.71. The Balaban J connectivity index is 1.21. The number of hydrogen-bond acceptors (Lipinski definition) is 9. The maximum absolute atomic E-state index is 12.6. The van der Waals surface area contributed by atoms with E-state index in [-0.39, 0.29) is 23.0 Å². The smallest absolute Gasteiger partial charge is 0.319 e. The lowest BCUT2D eigenvalue weighted by Crippen LogP contribution is -2.36. The molecule has 1 aromatic carbocycles. The highest BCUT2D eigenvalue weighted by Gasteiger charge is 2.46. The Morgan fingerprint density at radius 1 is 1.19 bits per heavy atom. The number of nitrogens with one attached hydrogen (secondary N) is 2. The molecular formula is C24H33N7O5S. The van der Waals surface area contributed by atoms with E-state index in [1.807, 2.05) is 24.3 Å². The Morgan fingerprint density at radius 2 is 1.92 bits per heavy atom. The fourth-order valence-corrected chi connectivity index (χ4v) is 5.36. The van der Waals surface area contributed by atoms with Crippen molar-refractivity contribution in [3.8, 4) is 0 Å². The summed E-state index contributed by atoms with van der Waals surface area (Å²) < 4.78 is 19.9. The maximum Gasteiger partial charge on any atom is 0.319 e. The van der Waals surface area contributed by atoms with Crippen LogP contribution in [0.25, 0.3) is 11.2 Å². The van der Waals surface area contributed by atoms with E-state index in [2.05, 4.69) is 46.4 Å². The molecular weight excluding hydrogens is 498 g/mol. The number of hydrogen-bond donors (Lipinski definition) is 5. The number of ether oxygens (including phenoxy) is 1. The number of carbonyl (C=O) groups excluding carboxylic acids is 1. The Labute approximate surface area is 217 Å². The Morgan fingerprint density at radius 3 is 2.62 bits per heavy atom. The molecule has 2 amide bonds. The Bertz CT molecular complexity index is 1220. The molecule has 4 rings (SSSR count). The van der Waals surface area contributed by atoms with E-state index in [1.54, 1.807) is 0 Å². The van der Waals surface area contributed by atoms with Crippen LogP contribution in [0.3, 0.4) is 0 Å². The predicted molar refractivity (Wildman–Crippen MR) is 140 cm³/mol. The van der Waals surface area contributed by atoms with Gasteiger partial charge in [-0.25, -0.2) is 19.7 Å². The lowest BCUT2D eigenvalue weighted by molar-refractivity contribution is -0.0292. The SMILES string of the molecule is CC(C)(C)c1ccc(NC(=O)NCCC[S+]([O-])C[C@H]2OC(n3cnc4c(N)ncnc43)[C@H](O)[C@@H]2O)cc1. The molecule has 0 bridgehead atoms. The molecule has 13 heteroatoms. The first-order chi connectivity index (χ1) is 17.5. The number of aliphatic hydroxyl groups is 2. The van der Waals surface area contributed by atoms with Crippen LogP contribution in [0, 0.1) is 0 Å². The number of rotatable bonds is 8. The molecule has 2 unspecified atom stereocenters. The van der Waals surface area contributed by atoms with Crippen LogP contribution < -0.4 is 16.4 Å². The monoisotopic (exact) mass is 531 g/mol. The molecule has 200 valence electrons. The van der Waals surface area contributed by atoms with Crippen molar-refractivity contribution in [2.75, 3.05) is 29.1 Å². The standard InChI is InChI=1S/C24H33N7O5S/c1-24(2,3)14-5-7-15(8-6-14)30-23(34)26-9-4-10-37(35)11-16-18(32)19(33)22(36-16)31-13-29-17-20(25)27-12-28-21(17)31/h5-8,12-13,16,18-19,22,32-33H,4,9-11H2,1-3H3,(H2,25,27,28)(H2,26,30,34)/t16-,18-,19-,22?,37?/m1/s1. The first kappa shape index (κ1) is 27.1. The third kappa shape index (κ3) is 6.30. The molecule has 3 aromatic rings. The van der Waals surface area contributed by atoms with Gasteiger partial charge in [0.05, 0.1) is 6.33 Å². The van der Waals surface area contributed by atoms with Gasteiger partial charge >= 0.3 is 6.03 Å². The number of urea groups is 1. The van der Waals surface area contributed by atoms with E-state index in [4.69, 9.17) is 10.5 Å². The zero-order chi connectivity index (χ0) is 26.7. The number of aromatic nitrogens is 4. The van der Waals surface area contributed by atoms with Gasteiger partial charge in [-0.1, -0.05) is 44.1 Å². The van der Waals surface area contributed by atoms with Gasteiger partial charge in [0.15, 0.2) is 17.7 Å². The summed E-state index contributed by atoms with van der Waals surface area (Å²) in [5.74, 6) is 0.520. The van der Waals surface area contributed by atoms with Gasteiger partial charge in [0.1, 0.15) is 41.7 Å². The highest BCUT2D eigenvalue weighted by molar-refractivity contribution is 7.91. The molecule has 3 heterocycles. The molecule has 6 N–H and O–H groups in total. The second kappa shape index (κ2) is 11.2. The second-order valence-corrected chi connectivity index (χ2v) is 11.6. The molecule has 1 fully saturated rings. The highest BCUT2D eigenvalue weighted by atomic mass is 32.2. The number of fused-ring (bicyclic) bond motifs is 1. The van der Waals surface area contributed by atoms with Crippen LogP contribution in [0.4, 0.5) is 16.3 Å². The van der Waals surface area contributed by atoms with Crippen LogP contribution in [0.2, 0.25) is 0 Å². The third-order valence-corrected chi connectivity index (χ3v) is 7.64. The fourth-order valence-electron chi connectivity index (χ4n) is 4.08. The van der Waals surface area contributed by atoms with Crippen LogP contribution in [-0.4, -0.2) is 76.7 Å². The molecule has 0 saturated carbocycles. The number of aliphatic hydroxyl groups excluding tert-OH is 2. The summed E-state index contributed by atoms with van der Waals surface area (Å²) in [6.07, 6.45) is -1.15. The molecule has 0 aliphatic carbocycles. The van der Waals surface area contributed by atoms with Gasteiger partial charge in [0.25, 0.3) is 0 Å². The van der Waals surface area contributed by atoms with Crippen molar-refractivity contribution in [2.24, 2.45) is 0 Å². The van der Waals surface area contributed by atoms with E-state index < -0.39 is 35.7 Å². The van der Waals surface area contributed by atoms with E-state index in [1.165, 1.54) is 22.8 Å². The predicted octanol–water partition coefficient (Wildman–Crippen LogP) is 1.29. The number of nitrogen functional groups attached to an aromatic ring is 1. The summed E-state index contributed by atoms with van der Waals surface area (Å²) in [6, 6.07) is 7.35. The summed E-state index contributed by atoms with van der Waals surface area (Å²) in [5.41, 5.74) is 8.43. The Kier molecular flexibility index (Phi) is 8.19. The molecule has 2 aromatic heterocycles. The fraction of sp³-hybridized carbons (Fsp3) is 0.500. The van der Waals surface area contributed by atoms with Gasteiger partial charge in [0, 0.05) is 18.7 Å². The minimum Gasteiger partial charge on any atom is -0.616 e. The highest BCUT2D eigenvalue weighted by Crippen LogP contribution is 2.32. The van der Waals surface area contributed by atoms with Crippen molar-refractivity contribution in [2.45, 2.75) is 57.1 Å². The second-order valence-electron chi connectivity index (χ2n) is 10.0. The largest absolute Gasteiger partial charge is 0.616 e. The van der Waals surface area contributed by atoms with Gasteiger partial charge < -0.3 is 35.9 Å². The average Bonchev–Trinajstić information content (AvgIpc) is 3.39. The minimum atomic E-state index is -1.34. The van der Waals surface area contributed by atoms with Crippen LogP contribution in [0.1, 0.15) is 39.0 Å². The zero-order valence-corrected chi connectivity index (χ0v) is 21.8. The van der Waals surface area contributed by atoms with Gasteiger partial charge in [-0.15, -0.1) is 0 Å². The van der Waals surface area contributed by atoms with Crippen molar-refractivity contribution < 1.29 is 24.3 Å². The van der Waals surface area contributed by atoms with E-state index >= 15 is 0 Å². The van der Waals surface area contributed by atoms with Crippen LogP contribution >= 0.6 is 0 Å². The first-order valence-electron chi connectivity index (χ1n) is 12.0. The number of imidazole rings is 1. The summed E-state index contributed by atoms with van der Waals surface area (Å²) in [7, 11) is 0. The normalized spacial score (nSPS) is 22.8. The number of nitrogens with two attached hydrogens (primary N) is 1. The number of amides is 2. The van der Waals surface area contributed by atoms with E-state index in [0.717, 1.165) is 0 Å². The molecule has 0 spiro atoms. The van der Waals surface area contributed by atoms with Crippen LogP contribution in [-0.2, 0) is 21.3 Å². The van der Waals surface area contributed by atoms with Crippen molar-refractivity contribution >= 4 is 39.9 Å². The molecule has 37 heavy (non-hydrogen) atoms. The number of nitrogens with zero attached hydrogens (tertiary/aromatic N) is 4. The molecule has 5 atom stereocenters. The molecule has 1 saturated heterocycles. The minimum absolute atomic E-state index is 0.0325. The van der Waals surface area contributed by atoms with Crippen LogP contribution in [0.15, 0.2) is 36.9 Å². The third-order valence-electron chi connectivity index (χ3n) is 6.19. The quantitative estimate of drug-likeness (QED) is 0.211. The van der Waals surface area contributed by atoms with Gasteiger partial charge in [0.2, 0.25) is 0 Å². The molecule has 1 aliphatic rings. The Hall–Kier alpha value is -2.97. The van der Waals surface area contributed by atoms with Crippen molar-refractivity contribution in [1.82, 2.24) is 24.8 Å². The van der Waals surface area contributed by atoms with E-state index in [0.29, 0.717) is 35.6 Å². The topological polar surface area (TPSA) is 183 Å². The molecule has 0 radical (unpaired) electrons. The summed E-state index contributed by atoms with van der Waals surface area (Å²) in [4.78, 5) is 24.3. The van der Waals surface area contributed by atoms with Gasteiger partial charge in [-0.05, 0) is 23.1 Å². The van der Waals surface area contributed by atoms with Crippen LogP contribution in [0.5, 0.6) is 0 Å². The molecule has 12 nitrogen and oxygen atoms in total. The van der Waals surface area contributed by atoms with Crippen molar-refractivity contribution in [1.29, 1.82) is 0 Å². The lowest BCUT2D eigenvalue weighted by atomic mass is 9.87. The molecule has 1 aliphatic heterocycles. The lowest BCUT2D eigenvalue weighted by Gasteiger charge is -2.19. The van der Waals surface area contributed by atoms with Gasteiger partial charge in [-0.3, -0.25) is 4.57 Å². The first-order valence-corrected chi connectivity index (χ1v) is 13.5. The summed E-state index contributed by atoms with van der Waals surface area (Å²) >= 11 is -1.34. The number of anilines is 2. The van der Waals surface area contributed by atoms with Crippen molar-refractivity contribution in [3.05, 3.63) is 42.5 Å². The summed E-state index contributed by atoms with van der Waals surface area (Å²) in [5, 5.41) is 26.6. The van der Waals surface area contributed by atoms with Gasteiger partial charge in [-0.2, -0.15) is 0 Å². The zero-order valence-electron chi connectivity index (χ0n) is 21.0. The van der Waals surface area contributed by atoms with E-state index in [9.17, 15) is 19.6 Å². The average molecular weight is 532 g/mol. The number of benzene rings is 1. The van der Waals surface area contributed by atoms with Crippen molar-refractivity contribution in [3.63, 3.8) is 0 Å².